The Morgan fingerprint density at radius 1 is 1.14 bits per heavy atom. The molecule has 1 atom stereocenters. The Balaban J connectivity index is 0. The van der Waals surface area contributed by atoms with Crippen LogP contribution in [0, 0.1) is 5.92 Å². The maximum atomic E-state index is 5.11. The average molecular weight is 203 g/mol. The summed E-state index contributed by atoms with van der Waals surface area (Å²) < 4.78 is 5.11. The first-order valence-corrected chi connectivity index (χ1v) is 5.75. The van der Waals surface area contributed by atoms with E-state index in [-0.39, 0.29) is 0 Å². The number of ether oxygens (including phenoxy) is 1. The van der Waals surface area contributed by atoms with Crippen LogP contribution in [0.2, 0.25) is 0 Å². The maximum Gasteiger partial charge on any atom is 0.0490 e. The smallest absolute Gasteiger partial charge is 0.0490 e. The summed E-state index contributed by atoms with van der Waals surface area (Å²) in [6, 6.07) is 0. The lowest BCUT2D eigenvalue weighted by atomic mass is 10.0. The van der Waals surface area contributed by atoms with E-state index in [0.717, 1.165) is 12.5 Å². The van der Waals surface area contributed by atoms with Crippen LogP contribution >= 0.6 is 0 Å². The summed E-state index contributed by atoms with van der Waals surface area (Å²) in [4.78, 5) is 2.22. The van der Waals surface area contributed by atoms with Gasteiger partial charge in [0.05, 0.1) is 0 Å². The molecule has 0 bridgehead atoms. The van der Waals surface area contributed by atoms with Gasteiger partial charge in [0, 0.05) is 13.7 Å². The fourth-order valence-electron chi connectivity index (χ4n) is 1.08. The van der Waals surface area contributed by atoms with Gasteiger partial charge in [0.15, 0.2) is 0 Å². The third kappa shape index (κ3) is 14.4. The van der Waals surface area contributed by atoms with Crippen molar-refractivity contribution in [3.8, 4) is 0 Å². The van der Waals surface area contributed by atoms with E-state index >= 15 is 0 Å². The van der Waals surface area contributed by atoms with Crippen molar-refractivity contribution < 1.29 is 4.74 Å². The zero-order chi connectivity index (χ0) is 11.4. The number of methoxy groups -OCH3 is 1. The zero-order valence-corrected chi connectivity index (χ0v) is 11.0. The largest absolute Gasteiger partial charge is 0.384 e. The number of rotatable bonds is 6. The third-order valence-corrected chi connectivity index (χ3v) is 1.96. The van der Waals surface area contributed by atoms with Crippen molar-refractivity contribution in [3.63, 3.8) is 0 Å². The molecule has 0 heterocycles. The Labute approximate surface area is 90.6 Å². The molecule has 0 saturated carbocycles. The molecule has 0 radical (unpaired) electrons. The highest BCUT2D eigenvalue weighted by Gasteiger charge is 2.05. The Morgan fingerprint density at radius 2 is 1.64 bits per heavy atom. The van der Waals surface area contributed by atoms with Crippen molar-refractivity contribution in [3.05, 3.63) is 0 Å². The van der Waals surface area contributed by atoms with Gasteiger partial charge in [-0.2, -0.15) is 0 Å². The molecule has 0 aliphatic carbocycles. The summed E-state index contributed by atoms with van der Waals surface area (Å²) in [6.07, 6.45) is 3.72. The molecule has 0 rings (SSSR count). The summed E-state index contributed by atoms with van der Waals surface area (Å²) in [6.45, 7) is 8.55. The van der Waals surface area contributed by atoms with Crippen LogP contribution in [0.4, 0.5) is 0 Å². The zero-order valence-electron chi connectivity index (χ0n) is 11.0. The van der Waals surface area contributed by atoms with Crippen molar-refractivity contribution in [1.82, 2.24) is 4.90 Å². The Morgan fingerprint density at radius 3 is 1.93 bits per heavy atom. The molecule has 0 aliphatic rings. The van der Waals surface area contributed by atoms with E-state index in [4.69, 9.17) is 4.74 Å². The molecular formula is C12H29NO. The van der Waals surface area contributed by atoms with Crippen molar-refractivity contribution in [2.45, 2.75) is 40.0 Å². The van der Waals surface area contributed by atoms with Gasteiger partial charge in [-0.15, -0.1) is 0 Å². The number of hydrogen-bond acceptors (Lipinski definition) is 2. The minimum atomic E-state index is 0.738. The van der Waals surface area contributed by atoms with Gasteiger partial charge in [0.2, 0.25) is 0 Å². The molecule has 0 spiro atoms. The fraction of sp³-hybridized carbons (Fsp3) is 1.00. The molecule has 0 amide bonds. The summed E-state index contributed by atoms with van der Waals surface area (Å²) in [5.74, 6) is 0.738. The molecule has 0 aliphatic heterocycles. The van der Waals surface area contributed by atoms with E-state index in [1.54, 1.807) is 7.11 Å². The molecule has 1 unspecified atom stereocenters. The predicted molar refractivity (Wildman–Crippen MR) is 64.8 cm³/mol. The monoisotopic (exact) mass is 203 g/mol. The molecule has 0 fully saturated rings. The number of hydrogen-bond donors (Lipinski definition) is 0. The van der Waals surface area contributed by atoms with E-state index in [0.29, 0.717) is 0 Å². The van der Waals surface area contributed by atoms with Crippen LogP contribution in [0.25, 0.3) is 0 Å². The topological polar surface area (TPSA) is 12.5 Å². The molecule has 0 aromatic rings. The van der Waals surface area contributed by atoms with Gasteiger partial charge in [-0.3, -0.25) is 0 Å². The number of nitrogens with zero attached hydrogens (tertiary/aromatic N) is 1. The molecule has 14 heavy (non-hydrogen) atoms. The predicted octanol–water partition coefficient (Wildman–Crippen LogP) is 3.03. The molecule has 0 aromatic carbocycles. The van der Waals surface area contributed by atoms with Crippen LogP contribution in [0.5, 0.6) is 0 Å². The highest BCUT2D eigenvalue weighted by molar-refractivity contribution is 4.57. The van der Waals surface area contributed by atoms with Gasteiger partial charge < -0.3 is 9.64 Å². The lowest BCUT2D eigenvalue weighted by Gasteiger charge is -2.16. The van der Waals surface area contributed by atoms with Crippen LogP contribution < -0.4 is 0 Å². The maximum absolute atomic E-state index is 5.11. The quantitative estimate of drug-likeness (QED) is 0.658. The summed E-state index contributed by atoms with van der Waals surface area (Å²) in [5.41, 5.74) is 0. The van der Waals surface area contributed by atoms with Crippen LogP contribution in [-0.2, 0) is 4.74 Å². The second kappa shape index (κ2) is 12.9. The summed E-state index contributed by atoms with van der Waals surface area (Å²) >= 11 is 0. The van der Waals surface area contributed by atoms with Crippen LogP contribution in [0.15, 0.2) is 0 Å². The van der Waals surface area contributed by atoms with Crippen molar-refractivity contribution in [1.29, 1.82) is 0 Å². The Bertz CT molecular complexity index is 94.3. The van der Waals surface area contributed by atoms with Gasteiger partial charge in [-0.1, -0.05) is 33.6 Å². The second-order valence-electron chi connectivity index (χ2n) is 4.03. The van der Waals surface area contributed by atoms with E-state index in [2.05, 4.69) is 39.8 Å². The normalized spacial score (nSPS) is 12.2. The third-order valence-electron chi connectivity index (χ3n) is 1.96. The van der Waals surface area contributed by atoms with E-state index in [1.165, 1.54) is 25.8 Å². The van der Waals surface area contributed by atoms with Gasteiger partial charge in [-0.05, 0) is 33.0 Å². The Kier molecular flexibility index (Phi) is 15.1. The van der Waals surface area contributed by atoms with Gasteiger partial charge in [0.1, 0.15) is 0 Å². The van der Waals surface area contributed by atoms with E-state index in [1.807, 2.05) is 0 Å². The molecular weight excluding hydrogens is 174 g/mol. The average Bonchev–Trinajstić information content (AvgIpc) is 2.13. The lowest BCUT2D eigenvalue weighted by Crippen LogP contribution is -2.18. The van der Waals surface area contributed by atoms with Crippen molar-refractivity contribution in [2.24, 2.45) is 5.92 Å². The van der Waals surface area contributed by atoms with Crippen molar-refractivity contribution >= 4 is 0 Å². The summed E-state index contributed by atoms with van der Waals surface area (Å²) in [7, 11) is 6.00. The first kappa shape index (κ1) is 16.4. The SMILES string of the molecule is CCC.CCC(CCN(C)C)COC. The van der Waals surface area contributed by atoms with Gasteiger partial charge in [0.25, 0.3) is 0 Å². The minimum Gasteiger partial charge on any atom is -0.384 e. The van der Waals surface area contributed by atoms with Crippen molar-refractivity contribution in [2.75, 3.05) is 34.4 Å². The molecule has 2 nitrogen and oxygen atoms in total. The van der Waals surface area contributed by atoms with E-state index < -0.39 is 0 Å². The molecule has 0 N–H and O–H groups in total. The standard InChI is InChI=1S/C9H21NO.C3H8/c1-5-9(8-11-4)6-7-10(2)3;1-3-2/h9H,5-8H2,1-4H3;3H2,1-2H3. The highest BCUT2D eigenvalue weighted by atomic mass is 16.5. The van der Waals surface area contributed by atoms with Crippen LogP contribution in [-0.4, -0.2) is 39.3 Å². The first-order valence-electron chi connectivity index (χ1n) is 5.75. The minimum absolute atomic E-state index is 0.738. The molecule has 0 aromatic heterocycles. The fourth-order valence-corrected chi connectivity index (χ4v) is 1.08. The van der Waals surface area contributed by atoms with Crippen LogP contribution in [0.3, 0.4) is 0 Å². The lowest BCUT2D eigenvalue weighted by molar-refractivity contribution is 0.140. The van der Waals surface area contributed by atoms with Gasteiger partial charge >= 0.3 is 0 Å². The van der Waals surface area contributed by atoms with Crippen LogP contribution in [0.1, 0.15) is 40.0 Å². The van der Waals surface area contributed by atoms with Gasteiger partial charge in [-0.25, -0.2) is 0 Å². The van der Waals surface area contributed by atoms with E-state index in [9.17, 15) is 0 Å². The molecule has 0 saturated heterocycles. The molecule has 88 valence electrons. The first-order chi connectivity index (χ1) is 6.62. The second-order valence-corrected chi connectivity index (χ2v) is 4.03. The Hall–Kier alpha value is -0.0800. The highest BCUT2D eigenvalue weighted by Crippen LogP contribution is 2.08. The molecule has 2 heteroatoms. The summed E-state index contributed by atoms with van der Waals surface area (Å²) in [5, 5.41) is 0.